The molecule has 1 aromatic carbocycles. The summed E-state index contributed by atoms with van der Waals surface area (Å²) in [7, 11) is 0. The molecular weight excluding hydrogens is 350 g/mol. The normalized spacial score (nSPS) is 11.6. The lowest BCUT2D eigenvalue weighted by molar-refractivity contribution is -0.128. The first kappa shape index (κ1) is 16.1. The number of benzene rings is 1. The van der Waals surface area contributed by atoms with Gasteiger partial charge in [0.25, 0.3) is 11.8 Å². The van der Waals surface area contributed by atoms with Crippen molar-refractivity contribution in [2.75, 3.05) is 0 Å². The Morgan fingerprint density at radius 2 is 2.05 bits per heavy atom. The second-order valence-corrected chi connectivity index (χ2v) is 5.67. The largest absolute Gasteiger partial charge is 0.481 e. The molecule has 6 nitrogen and oxygen atoms in total. The van der Waals surface area contributed by atoms with Gasteiger partial charge in [-0.2, -0.15) is 0 Å². The monoisotopic (exact) mass is 365 g/mol. The molecule has 0 bridgehead atoms. The number of hydrogen-bond acceptors (Lipinski definition) is 3. The van der Waals surface area contributed by atoms with Crippen LogP contribution in [0.15, 0.2) is 41.0 Å². The third-order valence-corrected chi connectivity index (χ3v) is 3.32. The van der Waals surface area contributed by atoms with Crippen LogP contribution in [0.3, 0.4) is 0 Å². The minimum Gasteiger partial charge on any atom is -0.481 e. The molecule has 1 heterocycles. The fourth-order valence-electron chi connectivity index (χ4n) is 1.73. The lowest BCUT2D eigenvalue weighted by Gasteiger charge is -2.15. The van der Waals surface area contributed by atoms with Gasteiger partial charge in [-0.05, 0) is 53.5 Å². The molecule has 116 valence electrons. The number of aromatic amines is 1. The first-order valence-corrected chi connectivity index (χ1v) is 7.42. The molecule has 2 rings (SSSR count). The van der Waals surface area contributed by atoms with Gasteiger partial charge in [0.2, 0.25) is 0 Å². The maximum Gasteiger partial charge on any atom is 0.286 e. The molecule has 2 aromatic rings. The Labute approximate surface area is 136 Å². The van der Waals surface area contributed by atoms with E-state index in [0.29, 0.717) is 11.4 Å². The Kier molecular flexibility index (Phi) is 5.21. The summed E-state index contributed by atoms with van der Waals surface area (Å²) in [5.74, 6) is -0.287. The Hall–Kier alpha value is -2.28. The number of halogens is 1. The Morgan fingerprint density at radius 1 is 1.27 bits per heavy atom. The van der Waals surface area contributed by atoms with Crippen LogP contribution in [0.5, 0.6) is 5.75 Å². The number of aromatic nitrogens is 1. The van der Waals surface area contributed by atoms with Gasteiger partial charge >= 0.3 is 0 Å². The zero-order valence-electron chi connectivity index (χ0n) is 12.1. The van der Waals surface area contributed by atoms with Crippen molar-refractivity contribution < 1.29 is 14.3 Å². The third kappa shape index (κ3) is 4.36. The number of rotatable bonds is 4. The van der Waals surface area contributed by atoms with Crippen LogP contribution in [0.1, 0.15) is 23.0 Å². The number of carbonyl (C=O) groups is 2. The molecule has 0 aliphatic carbocycles. The van der Waals surface area contributed by atoms with Crippen molar-refractivity contribution in [2.45, 2.75) is 20.0 Å². The molecule has 0 saturated heterocycles. The molecule has 0 aliphatic rings. The zero-order valence-corrected chi connectivity index (χ0v) is 13.7. The zero-order chi connectivity index (χ0) is 16.1. The van der Waals surface area contributed by atoms with E-state index in [9.17, 15) is 9.59 Å². The molecule has 3 N–H and O–H groups in total. The van der Waals surface area contributed by atoms with Gasteiger partial charge in [-0.15, -0.1) is 0 Å². The number of hydrogen-bond donors (Lipinski definition) is 3. The minimum absolute atomic E-state index is 0.333. The molecule has 1 aromatic heterocycles. The van der Waals surface area contributed by atoms with Gasteiger partial charge in [-0.3, -0.25) is 20.4 Å². The fraction of sp³-hybridized carbons (Fsp3) is 0.200. The van der Waals surface area contributed by atoms with E-state index in [4.69, 9.17) is 4.74 Å². The quantitative estimate of drug-likeness (QED) is 0.727. The highest BCUT2D eigenvalue weighted by Crippen LogP contribution is 2.14. The lowest BCUT2D eigenvalue weighted by atomic mass is 10.2. The van der Waals surface area contributed by atoms with Gasteiger partial charge in [-0.25, -0.2) is 0 Å². The second kappa shape index (κ2) is 7.13. The van der Waals surface area contributed by atoms with Crippen molar-refractivity contribution in [1.29, 1.82) is 0 Å². The van der Waals surface area contributed by atoms with Crippen LogP contribution in [0.2, 0.25) is 0 Å². The molecular formula is C15H16BrN3O3. The highest BCUT2D eigenvalue weighted by atomic mass is 79.9. The smallest absolute Gasteiger partial charge is 0.286 e. The molecule has 2 amide bonds. The van der Waals surface area contributed by atoms with Gasteiger partial charge in [0.1, 0.15) is 11.4 Å². The maximum absolute atomic E-state index is 11.9. The van der Waals surface area contributed by atoms with E-state index in [1.54, 1.807) is 25.3 Å². The first-order chi connectivity index (χ1) is 10.5. The standard InChI is InChI=1S/C15H16BrN3O3/c1-9-4-3-5-12(6-9)22-10(2)14(20)18-19-15(21)13-7-11(16)8-17-13/h3-8,10,17H,1-2H3,(H,18,20)(H,19,21). The van der Waals surface area contributed by atoms with Crippen molar-refractivity contribution in [2.24, 2.45) is 0 Å². The van der Waals surface area contributed by atoms with Crippen molar-refractivity contribution in [3.63, 3.8) is 0 Å². The highest BCUT2D eigenvalue weighted by molar-refractivity contribution is 9.10. The van der Waals surface area contributed by atoms with Gasteiger partial charge in [0.05, 0.1) is 0 Å². The summed E-state index contributed by atoms with van der Waals surface area (Å²) < 4.78 is 6.27. The van der Waals surface area contributed by atoms with Crippen LogP contribution in [0, 0.1) is 6.92 Å². The molecule has 1 unspecified atom stereocenters. The molecule has 0 radical (unpaired) electrons. The Bertz CT molecular complexity index is 684. The van der Waals surface area contributed by atoms with Crippen LogP contribution >= 0.6 is 15.9 Å². The van der Waals surface area contributed by atoms with E-state index in [0.717, 1.165) is 10.0 Å². The Morgan fingerprint density at radius 3 is 2.68 bits per heavy atom. The number of aryl methyl sites for hydroxylation is 1. The summed E-state index contributed by atoms with van der Waals surface area (Å²) in [6, 6.07) is 8.99. The minimum atomic E-state index is -0.738. The van der Waals surface area contributed by atoms with Crippen molar-refractivity contribution in [3.8, 4) is 5.75 Å². The van der Waals surface area contributed by atoms with Gasteiger partial charge in [0, 0.05) is 10.7 Å². The average Bonchev–Trinajstić information content (AvgIpc) is 2.91. The molecule has 0 fully saturated rings. The number of H-pyrrole nitrogens is 1. The van der Waals surface area contributed by atoms with E-state index in [-0.39, 0.29) is 0 Å². The summed E-state index contributed by atoms with van der Waals surface area (Å²) in [6.45, 7) is 3.54. The maximum atomic E-state index is 11.9. The second-order valence-electron chi connectivity index (χ2n) is 4.75. The topological polar surface area (TPSA) is 83.2 Å². The van der Waals surface area contributed by atoms with E-state index in [1.807, 2.05) is 25.1 Å². The van der Waals surface area contributed by atoms with E-state index >= 15 is 0 Å². The SMILES string of the molecule is Cc1cccc(OC(C)C(=O)NNC(=O)c2cc(Br)c[nH]2)c1. The van der Waals surface area contributed by atoms with Crippen molar-refractivity contribution in [1.82, 2.24) is 15.8 Å². The fourth-order valence-corrected chi connectivity index (χ4v) is 2.08. The van der Waals surface area contributed by atoms with Gasteiger partial charge in [0.15, 0.2) is 6.10 Å². The molecule has 1 atom stereocenters. The predicted molar refractivity (Wildman–Crippen MR) is 85.4 cm³/mol. The summed E-state index contributed by atoms with van der Waals surface area (Å²) >= 11 is 3.23. The number of nitrogens with one attached hydrogen (secondary N) is 3. The van der Waals surface area contributed by atoms with E-state index in [2.05, 4.69) is 31.8 Å². The van der Waals surface area contributed by atoms with E-state index < -0.39 is 17.9 Å². The van der Waals surface area contributed by atoms with Crippen LogP contribution in [-0.4, -0.2) is 22.9 Å². The number of ether oxygens (including phenoxy) is 1. The van der Waals surface area contributed by atoms with Gasteiger partial charge < -0.3 is 9.72 Å². The van der Waals surface area contributed by atoms with Gasteiger partial charge in [-0.1, -0.05) is 12.1 Å². The van der Waals surface area contributed by atoms with Crippen LogP contribution < -0.4 is 15.6 Å². The number of carbonyl (C=O) groups excluding carboxylic acids is 2. The van der Waals surface area contributed by atoms with Crippen LogP contribution in [0.25, 0.3) is 0 Å². The summed E-state index contributed by atoms with van der Waals surface area (Å²) in [6.07, 6.45) is 0.887. The molecule has 7 heteroatoms. The molecule has 0 spiro atoms. The van der Waals surface area contributed by atoms with Crippen LogP contribution in [0.4, 0.5) is 0 Å². The summed E-state index contributed by atoms with van der Waals surface area (Å²) in [5.41, 5.74) is 6.02. The predicted octanol–water partition coefficient (Wildman–Crippen LogP) is 2.31. The average molecular weight is 366 g/mol. The number of amides is 2. The lowest BCUT2D eigenvalue weighted by Crippen LogP contribution is -2.47. The molecule has 0 saturated carbocycles. The third-order valence-electron chi connectivity index (χ3n) is 2.86. The Balaban J connectivity index is 1.85. The highest BCUT2D eigenvalue weighted by Gasteiger charge is 2.16. The van der Waals surface area contributed by atoms with Crippen LogP contribution in [-0.2, 0) is 4.79 Å². The van der Waals surface area contributed by atoms with Crippen molar-refractivity contribution in [3.05, 3.63) is 52.3 Å². The summed E-state index contributed by atoms with van der Waals surface area (Å²) in [4.78, 5) is 26.4. The first-order valence-electron chi connectivity index (χ1n) is 6.63. The molecule has 0 aliphatic heterocycles. The summed E-state index contributed by atoms with van der Waals surface area (Å²) in [5, 5.41) is 0. The van der Waals surface area contributed by atoms with Crippen molar-refractivity contribution >= 4 is 27.7 Å². The molecule has 22 heavy (non-hydrogen) atoms. The van der Waals surface area contributed by atoms with E-state index in [1.165, 1.54) is 0 Å². The number of hydrazine groups is 1.